The smallest absolute Gasteiger partial charge is 0.319 e. The van der Waals surface area contributed by atoms with Crippen molar-refractivity contribution in [3.8, 4) is 0 Å². The van der Waals surface area contributed by atoms with Crippen molar-refractivity contribution >= 4 is 29.3 Å². The molecule has 3 aromatic rings. The van der Waals surface area contributed by atoms with Crippen LogP contribution in [0.4, 0.5) is 10.5 Å². The molecule has 2 amide bonds. The molecule has 32 heavy (non-hydrogen) atoms. The number of pyridine rings is 1. The Balaban J connectivity index is 1.79. The molecular weight excluding hydrogens is 430 g/mol. The Morgan fingerprint density at radius 2 is 1.75 bits per heavy atom. The number of rotatable bonds is 7. The van der Waals surface area contributed by atoms with Crippen LogP contribution in [0, 0.1) is 13.8 Å². The summed E-state index contributed by atoms with van der Waals surface area (Å²) in [5.74, 6) is -1.05. The molecule has 1 heterocycles. The highest BCUT2D eigenvalue weighted by molar-refractivity contribution is 6.31. The van der Waals surface area contributed by atoms with Gasteiger partial charge in [-0.1, -0.05) is 59.1 Å². The number of hydrogen-bond donors (Lipinski definition) is 3. The van der Waals surface area contributed by atoms with Gasteiger partial charge in [0.1, 0.15) is 5.69 Å². The zero-order valence-corrected chi connectivity index (χ0v) is 18.5. The van der Waals surface area contributed by atoms with Gasteiger partial charge in [0.2, 0.25) is 0 Å². The molecule has 166 valence electrons. The molecule has 0 spiro atoms. The Morgan fingerprint density at radius 1 is 1.06 bits per heavy atom. The molecule has 0 aliphatic rings. The van der Waals surface area contributed by atoms with E-state index in [4.69, 9.17) is 11.6 Å². The maximum absolute atomic E-state index is 12.8. The van der Waals surface area contributed by atoms with Gasteiger partial charge in [-0.05, 0) is 43.2 Å². The lowest BCUT2D eigenvalue weighted by Crippen LogP contribution is -2.36. The van der Waals surface area contributed by atoms with Gasteiger partial charge in [0.05, 0.1) is 19.0 Å². The topological polar surface area (TPSA) is 100 Å². The molecule has 3 rings (SSSR count). The summed E-state index contributed by atoms with van der Waals surface area (Å²) in [5.41, 5.74) is 3.06. The molecule has 7 nitrogen and oxygen atoms in total. The number of carbonyl (C=O) groups excluding carboxylic acids is 1. The fraction of sp³-hybridized carbons (Fsp3) is 0.208. The summed E-state index contributed by atoms with van der Waals surface area (Å²) in [6.07, 6.45) is 1.32. The maximum Gasteiger partial charge on any atom is 0.319 e. The monoisotopic (exact) mass is 453 g/mol. The minimum atomic E-state index is -1.05. The average molecular weight is 454 g/mol. The highest BCUT2D eigenvalue weighted by atomic mass is 35.5. The lowest BCUT2D eigenvalue weighted by molar-refractivity contribution is -0.137. The summed E-state index contributed by atoms with van der Waals surface area (Å²) in [6.45, 7) is 4.06. The third-order valence-electron chi connectivity index (χ3n) is 4.90. The second-order valence-corrected chi connectivity index (χ2v) is 8.02. The summed E-state index contributed by atoms with van der Waals surface area (Å²) < 4.78 is 1.44. The minimum Gasteiger partial charge on any atom is -0.481 e. The zero-order valence-electron chi connectivity index (χ0n) is 17.8. The molecule has 2 aromatic carbocycles. The van der Waals surface area contributed by atoms with Gasteiger partial charge >= 0.3 is 12.0 Å². The first-order valence-corrected chi connectivity index (χ1v) is 10.4. The van der Waals surface area contributed by atoms with E-state index in [0.717, 1.165) is 16.7 Å². The first kappa shape index (κ1) is 23.1. The Labute approximate surface area is 190 Å². The molecule has 8 heteroatoms. The van der Waals surface area contributed by atoms with Crippen LogP contribution in [0.15, 0.2) is 65.6 Å². The molecule has 3 N–H and O–H groups in total. The predicted octanol–water partition coefficient (Wildman–Crippen LogP) is 4.50. The number of urea groups is 1. The number of aliphatic carboxylic acids is 1. The second-order valence-electron chi connectivity index (χ2n) is 7.62. The summed E-state index contributed by atoms with van der Waals surface area (Å²) >= 11 is 6.19. The lowest BCUT2D eigenvalue weighted by atomic mass is 9.99. The third-order valence-corrected chi connectivity index (χ3v) is 5.27. The number of carboxylic acid groups (broad SMARTS) is 1. The van der Waals surface area contributed by atoms with Crippen molar-refractivity contribution in [3.05, 3.63) is 98.4 Å². The normalized spacial score (nSPS) is 11.6. The van der Waals surface area contributed by atoms with Crippen LogP contribution in [-0.2, 0) is 11.3 Å². The fourth-order valence-electron chi connectivity index (χ4n) is 3.52. The van der Waals surface area contributed by atoms with Crippen molar-refractivity contribution in [2.24, 2.45) is 0 Å². The SMILES string of the molecule is Cc1cc(C)cc([C@H](CC(=O)O)NC(=O)Nc2cccn(Cc3ccccc3Cl)c2=O)c1. The number of aryl methyl sites for hydroxylation is 2. The Hall–Kier alpha value is -3.58. The van der Waals surface area contributed by atoms with Crippen LogP contribution in [0.25, 0.3) is 0 Å². The van der Waals surface area contributed by atoms with Crippen molar-refractivity contribution in [1.82, 2.24) is 9.88 Å². The fourth-order valence-corrected chi connectivity index (χ4v) is 3.72. The molecule has 0 bridgehead atoms. The lowest BCUT2D eigenvalue weighted by Gasteiger charge is -2.19. The van der Waals surface area contributed by atoms with Crippen LogP contribution < -0.4 is 16.2 Å². The summed E-state index contributed by atoms with van der Waals surface area (Å²) in [6, 6.07) is 14.6. The van der Waals surface area contributed by atoms with E-state index in [2.05, 4.69) is 10.6 Å². The van der Waals surface area contributed by atoms with Crippen LogP contribution in [-0.4, -0.2) is 21.7 Å². The van der Waals surface area contributed by atoms with E-state index in [1.54, 1.807) is 24.4 Å². The number of carbonyl (C=O) groups is 2. The number of nitrogens with zero attached hydrogens (tertiary/aromatic N) is 1. The van der Waals surface area contributed by atoms with Crippen LogP contribution in [0.5, 0.6) is 0 Å². The minimum absolute atomic E-state index is 0.0755. The Kier molecular flexibility index (Phi) is 7.33. The van der Waals surface area contributed by atoms with E-state index in [-0.39, 0.29) is 18.7 Å². The van der Waals surface area contributed by atoms with Gasteiger partial charge < -0.3 is 20.3 Å². The summed E-state index contributed by atoms with van der Waals surface area (Å²) in [7, 11) is 0. The standard InChI is InChI=1S/C24H24ClN3O4/c1-15-10-16(2)12-18(11-15)21(13-22(29)30)27-24(32)26-20-8-5-9-28(23(20)31)14-17-6-3-4-7-19(17)25/h3-12,21H,13-14H2,1-2H3,(H,29,30)(H2,26,27,32)/t21-/m0/s1. The van der Waals surface area contributed by atoms with Gasteiger partial charge in [-0.15, -0.1) is 0 Å². The summed E-state index contributed by atoms with van der Waals surface area (Å²) in [5, 5.41) is 15.1. The Bertz CT molecular complexity index is 1190. The van der Waals surface area contributed by atoms with Gasteiger partial charge in [-0.25, -0.2) is 4.79 Å². The Morgan fingerprint density at radius 3 is 2.41 bits per heavy atom. The molecular formula is C24H24ClN3O4. The van der Waals surface area contributed by atoms with E-state index in [1.807, 2.05) is 44.2 Å². The van der Waals surface area contributed by atoms with Gasteiger partial charge in [0, 0.05) is 11.2 Å². The number of hydrogen-bond acceptors (Lipinski definition) is 3. The molecule has 0 unspecified atom stereocenters. The number of carboxylic acids is 1. The van der Waals surface area contributed by atoms with Crippen molar-refractivity contribution in [2.75, 3.05) is 5.32 Å². The van der Waals surface area contributed by atoms with Crippen LogP contribution in [0.1, 0.15) is 34.7 Å². The molecule has 0 aliphatic carbocycles. The first-order valence-electron chi connectivity index (χ1n) is 10.0. The summed E-state index contributed by atoms with van der Waals surface area (Å²) in [4.78, 5) is 36.8. The molecule has 0 fully saturated rings. The van der Waals surface area contributed by atoms with E-state index in [9.17, 15) is 19.5 Å². The molecule has 1 aromatic heterocycles. The van der Waals surface area contributed by atoms with Gasteiger partial charge in [-0.3, -0.25) is 9.59 Å². The quantitative estimate of drug-likeness (QED) is 0.490. The van der Waals surface area contributed by atoms with Crippen molar-refractivity contribution < 1.29 is 14.7 Å². The van der Waals surface area contributed by atoms with Gasteiger partial charge in [0.25, 0.3) is 5.56 Å². The highest BCUT2D eigenvalue weighted by Gasteiger charge is 2.19. The van der Waals surface area contributed by atoms with E-state index in [1.165, 1.54) is 10.6 Å². The molecule has 0 aliphatic heterocycles. The number of anilines is 1. The first-order chi connectivity index (χ1) is 15.2. The van der Waals surface area contributed by atoms with Crippen LogP contribution >= 0.6 is 11.6 Å². The highest BCUT2D eigenvalue weighted by Crippen LogP contribution is 2.21. The molecule has 1 atom stereocenters. The number of amides is 2. The molecule has 0 radical (unpaired) electrons. The zero-order chi connectivity index (χ0) is 23.3. The van der Waals surface area contributed by atoms with Gasteiger partial charge in [-0.2, -0.15) is 0 Å². The van der Waals surface area contributed by atoms with Crippen molar-refractivity contribution in [2.45, 2.75) is 32.9 Å². The maximum atomic E-state index is 12.8. The second kappa shape index (κ2) is 10.2. The third kappa shape index (κ3) is 5.98. The van der Waals surface area contributed by atoms with E-state index in [0.29, 0.717) is 10.6 Å². The molecule has 0 saturated carbocycles. The van der Waals surface area contributed by atoms with E-state index < -0.39 is 23.6 Å². The van der Waals surface area contributed by atoms with Crippen LogP contribution in [0.2, 0.25) is 5.02 Å². The molecule has 0 saturated heterocycles. The largest absolute Gasteiger partial charge is 0.481 e. The predicted molar refractivity (Wildman–Crippen MR) is 124 cm³/mol. The van der Waals surface area contributed by atoms with E-state index >= 15 is 0 Å². The van der Waals surface area contributed by atoms with Crippen LogP contribution in [0.3, 0.4) is 0 Å². The number of aromatic nitrogens is 1. The van der Waals surface area contributed by atoms with Crippen molar-refractivity contribution in [1.29, 1.82) is 0 Å². The number of halogens is 1. The van der Waals surface area contributed by atoms with Gasteiger partial charge in [0.15, 0.2) is 0 Å². The average Bonchev–Trinajstić information content (AvgIpc) is 2.71. The number of nitrogens with one attached hydrogen (secondary N) is 2. The van der Waals surface area contributed by atoms with Crippen molar-refractivity contribution in [3.63, 3.8) is 0 Å². The number of benzene rings is 2.